The zero-order valence-electron chi connectivity index (χ0n) is 8.76. The minimum absolute atomic E-state index is 0.281. The molecule has 0 aliphatic rings. The highest BCUT2D eigenvalue weighted by Crippen LogP contribution is 2.27. The van der Waals surface area contributed by atoms with Gasteiger partial charge in [-0.25, -0.2) is 0 Å². The van der Waals surface area contributed by atoms with E-state index in [0.29, 0.717) is 6.42 Å². The molecule has 1 N–H and O–H groups in total. The number of hydrogen-bond acceptors (Lipinski definition) is 2. The summed E-state index contributed by atoms with van der Waals surface area (Å²) >= 11 is 0. The van der Waals surface area contributed by atoms with Crippen molar-refractivity contribution in [2.75, 3.05) is 0 Å². The van der Waals surface area contributed by atoms with E-state index in [9.17, 15) is 9.90 Å². The smallest absolute Gasteiger partial charge is 0.123 e. The van der Waals surface area contributed by atoms with Crippen LogP contribution in [-0.2, 0) is 4.79 Å². The second-order valence-corrected chi connectivity index (χ2v) is 3.52. The van der Waals surface area contributed by atoms with Gasteiger partial charge in [-0.1, -0.05) is 42.5 Å². The van der Waals surface area contributed by atoms with Crippen LogP contribution in [0.2, 0.25) is 0 Å². The molecule has 0 saturated carbocycles. The molecule has 16 heavy (non-hydrogen) atoms. The second-order valence-electron chi connectivity index (χ2n) is 3.52. The fourth-order valence-electron chi connectivity index (χ4n) is 1.70. The molecule has 0 saturated heterocycles. The Balaban J connectivity index is 2.54. The van der Waals surface area contributed by atoms with Gasteiger partial charge in [0.25, 0.3) is 0 Å². The number of benzene rings is 2. The molecule has 2 heteroatoms. The fraction of sp³-hybridized carbons (Fsp3) is 0.0714. The number of allylic oxidation sites excluding steroid dienone is 1. The Hall–Kier alpha value is -2.09. The van der Waals surface area contributed by atoms with Crippen molar-refractivity contribution in [2.24, 2.45) is 0 Å². The van der Waals surface area contributed by atoms with Gasteiger partial charge in [-0.05, 0) is 17.0 Å². The van der Waals surface area contributed by atoms with E-state index in [2.05, 4.69) is 0 Å². The lowest BCUT2D eigenvalue weighted by atomic mass is 10.0. The highest BCUT2D eigenvalue weighted by Gasteiger charge is 2.01. The van der Waals surface area contributed by atoms with Crippen LogP contribution in [0.15, 0.2) is 42.5 Å². The summed E-state index contributed by atoms with van der Waals surface area (Å²) in [6.45, 7) is 0. The van der Waals surface area contributed by atoms with Gasteiger partial charge in [0.1, 0.15) is 12.0 Å². The zero-order chi connectivity index (χ0) is 11.4. The SMILES string of the molecule is O=CCC=Cc1ccc(O)c2ccccc12. The molecule has 80 valence electrons. The van der Waals surface area contributed by atoms with E-state index >= 15 is 0 Å². The first-order valence-corrected chi connectivity index (χ1v) is 5.14. The van der Waals surface area contributed by atoms with Crippen LogP contribution < -0.4 is 0 Å². The summed E-state index contributed by atoms with van der Waals surface area (Å²) in [7, 11) is 0. The van der Waals surface area contributed by atoms with Crippen molar-refractivity contribution in [3.63, 3.8) is 0 Å². The highest BCUT2D eigenvalue weighted by atomic mass is 16.3. The lowest BCUT2D eigenvalue weighted by Gasteiger charge is -2.04. The van der Waals surface area contributed by atoms with E-state index in [0.717, 1.165) is 22.6 Å². The summed E-state index contributed by atoms with van der Waals surface area (Å²) in [5.74, 6) is 0.281. The van der Waals surface area contributed by atoms with E-state index < -0.39 is 0 Å². The van der Waals surface area contributed by atoms with Crippen LogP contribution in [0.4, 0.5) is 0 Å². The van der Waals surface area contributed by atoms with Crippen molar-refractivity contribution in [1.29, 1.82) is 0 Å². The van der Waals surface area contributed by atoms with Crippen molar-refractivity contribution in [1.82, 2.24) is 0 Å². The summed E-state index contributed by atoms with van der Waals surface area (Å²) < 4.78 is 0. The van der Waals surface area contributed by atoms with Gasteiger partial charge >= 0.3 is 0 Å². The molecule has 0 aliphatic carbocycles. The van der Waals surface area contributed by atoms with Gasteiger partial charge < -0.3 is 9.90 Å². The standard InChI is InChI=1S/C14H12O2/c15-10-4-3-5-11-8-9-14(16)13-7-2-1-6-12(11)13/h1-3,5-10,16H,4H2. The third kappa shape index (κ3) is 1.96. The Morgan fingerprint density at radius 3 is 2.56 bits per heavy atom. The minimum Gasteiger partial charge on any atom is -0.507 e. The molecule has 0 heterocycles. The van der Waals surface area contributed by atoms with Crippen molar-refractivity contribution >= 4 is 23.1 Å². The molecule has 0 spiro atoms. The van der Waals surface area contributed by atoms with Crippen LogP contribution in [0, 0.1) is 0 Å². The third-order valence-corrected chi connectivity index (χ3v) is 2.46. The van der Waals surface area contributed by atoms with Crippen LogP contribution in [0.1, 0.15) is 12.0 Å². The van der Waals surface area contributed by atoms with Crippen molar-refractivity contribution in [3.8, 4) is 5.75 Å². The van der Waals surface area contributed by atoms with E-state index in [4.69, 9.17) is 0 Å². The van der Waals surface area contributed by atoms with E-state index in [-0.39, 0.29) is 5.75 Å². The summed E-state index contributed by atoms with van der Waals surface area (Å²) in [4.78, 5) is 10.2. The number of phenols is 1. The molecule has 0 unspecified atom stereocenters. The van der Waals surface area contributed by atoms with E-state index in [1.165, 1.54) is 0 Å². The number of phenolic OH excluding ortho intramolecular Hbond substituents is 1. The molecule has 0 radical (unpaired) electrons. The molecule has 2 rings (SSSR count). The maximum atomic E-state index is 10.2. The van der Waals surface area contributed by atoms with Crippen molar-refractivity contribution in [3.05, 3.63) is 48.0 Å². The predicted molar refractivity (Wildman–Crippen MR) is 65.3 cm³/mol. The van der Waals surface area contributed by atoms with E-state index in [1.807, 2.05) is 42.5 Å². The van der Waals surface area contributed by atoms with Crippen molar-refractivity contribution < 1.29 is 9.90 Å². The fourth-order valence-corrected chi connectivity index (χ4v) is 1.70. The summed E-state index contributed by atoms with van der Waals surface area (Å²) in [5.41, 5.74) is 1.01. The molecule has 0 bridgehead atoms. The number of rotatable bonds is 3. The molecule has 2 aromatic carbocycles. The molecular weight excluding hydrogens is 200 g/mol. The minimum atomic E-state index is 0.281. The molecule has 2 nitrogen and oxygen atoms in total. The van der Waals surface area contributed by atoms with Crippen LogP contribution >= 0.6 is 0 Å². The molecule has 0 aromatic heterocycles. The Bertz CT molecular complexity index is 541. The maximum absolute atomic E-state index is 10.2. The molecule has 2 aromatic rings. The van der Waals surface area contributed by atoms with E-state index in [1.54, 1.807) is 6.07 Å². The van der Waals surface area contributed by atoms with Gasteiger partial charge in [-0.15, -0.1) is 0 Å². The second kappa shape index (κ2) is 4.62. The Kier molecular flexibility index (Phi) is 3.01. The molecule has 0 amide bonds. The Morgan fingerprint density at radius 1 is 1.06 bits per heavy atom. The topological polar surface area (TPSA) is 37.3 Å². The molecule has 0 fully saturated rings. The first kappa shape index (κ1) is 10.4. The largest absolute Gasteiger partial charge is 0.507 e. The Labute approximate surface area is 93.8 Å². The molecule has 0 atom stereocenters. The van der Waals surface area contributed by atoms with Gasteiger partial charge in [-0.3, -0.25) is 0 Å². The van der Waals surface area contributed by atoms with Gasteiger partial charge in [0.2, 0.25) is 0 Å². The van der Waals surface area contributed by atoms with Crippen LogP contribution in [0.3, 0.4) is 0 Å². The number of carbonyl (C=O) groups is 1. The number of hydrogen-bond donors (Lipinski definition) is 1. The first-order valence-electron chi connectivity index (χ1n) is 5.14. The van der Waals surface area contributed by atoms with Crippen LogP contribution in [0.5, 0.6) is 5.75 Å². The van der Waals surface area contributed by atoms with Crippen LogP contribution in [0.25, 0.3) is 16.8 Å². The molecular formula is C14H12O2. The Morgan fingerprint density at radius 2 is 1.81 bits per heavy atom. The van der Waals surface area contributed by atoms with Crippen LogP contribution in [-0.4, -0.2) is 11.4 Å². The number of fused-ring (bicyclic) bond motifs is 1. The average Bonchev–Trinajstić information content (AvgIpc) is 2.33. The maximum Gasteiger partial charge on any atom is 0.123 e. The summed E-state index contributed by atoms with van der Waals surface area (Å²) in [5, 5.41) is 11.5. The lowest BCUT2D eigenvalue weighted by Crippen LogP contribution is -1.79. The van der Waals surface area contributed by atoms with Gasteiger partial charge in [0.05, 0.1) is 0 Å². The third-order valence-electron chi connectivity index (χ3n) is 2.46. The van der Waals surface area contributed by atoms with Gasteiger partial charge in [0, 0.05) is 11.8 Å². The summed E-state index contributed by atoms with van der Waals surface area (Å²) in [6, 6.07) is 11.2. The highest BCUT2D eigenvalue weighted by molar-refractivity contribution is 5.94. The zero-order valence-corrected chi connectivity index (χ0v) is 8.76. The number of carbonyl (C=O) groups excluding carboxylic acids is 1. The first-order chi connectivity index (χ1) is 7.83. The quantitative estimate of drug-likeness (QED) is 0.793. The average molecular weight is 212 g/mol. The lowest BCUT2D eigenvalue weighted by molar-refractivity contribution is -0.107. The number of aldehydes is 1. The summed E-state index contributed by atoms with van der Waals surface area (Å²) in [6.07, 6.45) is 4.98. The predicted octanol–water partition coefficient (Wildman–Crippen LogP) is 3.15. The van der Waals surface area contributed by atoms with Gasteiger partial charge in [0.15, 0.2) is 0 Å². The van der Waals surface area contributed by atoms with Crippen molar-refractivity contribution in [2.45, 2.75) is 6.42 Å². The molecule has 0 aliphatic heterocycles. The van der Waals surface area contributed by atoms with Gasteiger partial charge in [-0.2, -0.15) is 0 Å². The monoisotopic (exact) mass is 212 g/mol. The normalized spacial score (nSPS) is 11.0. The number of aromatic hydroxyl groups is 1.